The Morgan fingerprint density at radius 2 is 0.933 bits per heavy atom. The number of amides is 1. The van der Waals surface area contributed by atoms with E-state index in [1.54, 1.807) is 18.2 Å². The average Bonchev–Trinajstić information content (AvgIpc) is 3.95. The molecule has 2 aliphatic heterocycles. The summed E-state index contributed by atoms with van der Waals surface area (Å²) in [5, 5.41) is 1.30. The maximum absolute atomic E-state index is 11.9. The van der Waals surface area contributed by atoms with E-state index in [1.165, 1.54) is 49.7 Å². The Labute approximate surface area is 354 Å². The highest BCUT2D eigenvalue weighted by Gasteiger charge is 2.39. The molecule has 3 heterocycles. The average molecular weight is 806 g/mol. The van der Waals surface area contributed by atoms with Gasteiger partial charge in [-0.15, -0.1) is 0 Å². The van der Waals surface area contributed by atoms with Crippen molar-refractivity contribution >= 4 is 54.4 Å². The van der Waals surface area contributed by atoms with Crippen LogP contribution in [0.4, 0.5) is 22.9 Å². The number of para-hydroxylation sites is 4. The highest BCUT2D eigenvalue weighted by molar-refractivity contribution is 7.43. The molecule has 8 heteroatoms. The summed E-state index contributed by atoms with van der Waals surface area (Å²) in [6.07, 6.45) is 0. The molecule has 0 spiro atoms. The van der Waals surface area contributed by atoms with Crippen molar-refractivity contribution in [1.82, 2.24) is 4.57 Å². The molecule has 2 N–H and O–H groups in total. The zero-order valence-corrected chi connectivity index (χ0v) is 35.0. The van der Waals surface area contributed by atoms with Gasteiger partial charge in [0, 0.05) is 22.8 Å². The predicted octanol–water partition coefficient (Wildman–Crippen LogP) is 12.5. The van der Waals surface area contributed by atoms with Gasteiger partial charge in [0.05, 0.1) is 43.4 Å². The first-order valence-electron chi connectivity index (χ1n) is 20.3. The molecule has 10 rings (SSSR count). The van der Waals surface area contributed by atoms with E-state index in [4.69, 9.17) is 5.73 Å². The lowest BCUT2D eigenvalue weighted by Crippen LogP contribution is -2.24. The molecule has 60 heavy (non-hydrogen) atoms. The summed E-state index contributed by atoms with van der Waals surface area (Å²) in [6.45, 7) is 6.64. The van der Waals surface area contributed by atoms with Crippen LogP contribution in [0.25, 0.3) is 16.6 Å². The van der Waals surface area contributed by atoms with E-state index >= 15 is 0 Å². The summed E-state index contributed by atoms with van der Waals surface area (Å²) in [5.41, 5.74) is 15.1. The van der Waals surface area contributed by atoms with E-state index in [2.05, 4.69) is 143 Å². The Hall–Kier alpha value is -6.79. The van der Waals surface area contributed by atoms with Gasteiger partial charge in [-0.3, -0.25) is 19.1 Å². The minimum atomic E-state index is -0.489. The van der Waals surface area contributed by atoms with Crippen molar-refractivity contribution in [2.75, 3.05) is 14.2 Å². The van der Waals surface area contributed by atoms with Gasteiger partial charge >= 0.3 is 5.91 Å². The first-order chi connectivity index (χ1) is 29.3. The maximum Gasteiger partial charge on any atom is 0.304 e. The van der Waals surface area contributed by atoms with Gasteiger partial charge in [0.2, 0.25) is 0 Å². The number of anilines is 4. The zero-order valence-electron chi connectivity index (χ0n) is 34.0. The number of carbonyl (C=O) groups excluding carboxylic acids is 2. The van der Waals surface area contributed by atoms with Gasteiger partial charge in [-0.2, -0.15) is 0 Å². The van der Waals surface area contributed by atoms with E-state index in [-0.39, 0.29) is 18.1 Å². The van der Waals surface area contributed by atoms with Crippen LogP contribution in [0.5, 0.6) is 0 Å². The third-order valence-corrected chi connectivity index (χ3v) is 12.6. The minimum Gasteiger partial charge on any atom is -0.325 e. The van der Waals surface area contributed by atoms with Crippen LogP contribution in [-0.4, -0.2) is 16.3 Å². The standard InChI is InChI=1S/C30H28N3P.C14H9NO2.C8H11N/c1-22(24-14-6-3-7-15-24)32-29-27-20-12-13-21-28(27)31(26-18-10-5-11-19-26)30(29)33(34-32)23(2)25-16-8-4-9-17-25;16-13-11-8-4-5-9-12(11)15(14(13)17)10-6-2-1-3-7-10;1-7(9)8-5-3-2-4-6-8/h3-23,34H,1-2H3;1-9H;2-7H,9H2,1H3/t22-,23-;;7-/m0.1/s1. The number of aromatic nitrogens is 1. The van der Waals surface area contributed by atoms with Gasteiger partial charge in [-0.05, 0) is 79.9 Å². The van der Waals surface area contributed by atoms with Crippen molar-refractivity contribution in [1.29, 1.82) is 0 Å². The second kappa shape index (κ2) is 18.0. The molecular formula is C52H48N5O2P. The minimum absolute atomic E-state index is 0.159. The molecule has 0 radical (unpaired) electrons. The highest BCUT2D eigenvalue weighted by atomic mass is 31.1. The normalized spacial score (nSPS) is 14.8. The molecule has 0 fully saturated rings. The summed E-state index contributed by atoms with van der Waals surface area (Å²) in [7, 11) is 0.515. The van der Waals surface area contributed by atoms with Crippen molar-refractivity contribution in [3.8, 4) is 5.69 Å². The zero-order chi connectivity index (χ0) is 41.6. The summed E-state index contributed by atoms with van der Waals surface area (Å²) < 4.78 is 7.65. The van der Waals surface area contributed by atoms with Gasteiger partial charge < -0.3 is 15.1 Å². The third kappa shape index (κ3) is 7.98. The Morgan fingerprint density at radius 3 is 1.48 bits per heavy atom. The summed E-state index contributed by atoms with van der Waals surface area (Å²) in [4.78, 5) is 25.2. The predicted molar refractivity (Wildman–Crippen MR) is 250 cm³/mol. The summed E-state index contributed by atoms with van der Waals surface area (Å²) >= 11 is 0. The topological polar surface area (TPSA) is 74.8 Å². The van der Waals surface area contributed by atoms with Gasteiger partial charge in [-0.1, -0.05) is 158 Å². The van der Waals surface area contributed by atoms with Gasteiger partial charge in [0.25, 0.3) is 5.78 Å². The lowest BCUT2D eigenvalue weighted by Gasteiger charge is -2.31. The number of Topliss-reactive ketones (excluding diaryl/α,β-unsaturated/α-hetero) is 1. The van der Waals surface area contributed by atoms with Crippen molar-refractivity contribution in [2.45, 2.75) is 38.9 Å². The monoisotopic (exact) mass is 805 g/mol. The molecule has 4 atom stereocenters. The van der Waals surface area contributed by atoms with Crippen LogP contribution in [0.3, 0.4) is 0 Å². The fraction of sp³-hybridized carbons (Fsp3) is 0.115. The van der Waals surface area contributed by atoms with E-state index in [0.29, 0.717) is 20.1 Å². The van der Waals surface area contributed by atoms with E-state index < -0.39 is 11.7 Å². The Morgan fingerprint density at radius 1 is 0.483 bits per heavy atom. The molecule has 7 nitrogen and oxygen atoms in total. The largest absolute Gasteiger partial charge is 0.325 e. The fourth-order valence-electron chi connectivity index (χ4n) is 7.81. The number of carbonyl (C=O) groups is 2. The number of ketones is 1. The van der Waals surface area contributed by atoms with Crippen LogP contribution in [0, 0.1) is 0 Å². The number of rotatable bonds is 7. The van der Waals surface area contributed by atoms with Crippen LogP contribution in [-0.2, 0) is 4.79 Å². The molecule has 1 amide bonds. The van der Waals surface area contributed by atoms with Crippen molar-refractivity contribution < 1.29 is 9.59 Å². The molecule has 0 bridgehead atoms. The molecule has 8 aromatic rings. The summed E-state index contributed by atoms with van der Waals surface area (Å²) in [6, 6.07) is 68.3. The molecule has 7 aromatic carbocycles. The number of hydrogen-bond donors (Lipinski definition) is 1. The molecular weight excluding hydrogens is 758 g/mol. The van der Waals surface area contributed by atoms with Crippen molar-refractivity contribution in [3.05, 3.63) is 222 Å². The molecule has 0 saturated heterocycles. The lowest BCUT2D eigenvalue weighted by molar-refractivity contribution is -0.113. The number of hydrogen-bond acceptors (Lipinski definition) is 5. The van der Waals surface area contributed by atoms with E-state index in [9.17, 15) is 9.59 Å². The molecule has 0 saturated carbocycles. The van der Waals surface area contributed by atoms with Crippen LogP contribution in [0.1, 0.15) is 65.9 Å². The maximum atomic E-state index is 11.9. The first-order valence-corrected chi connectivity index (χ1v) is 21.2. The number of nitrogens with zero attached hydrogens (tertiary/aromatic N) is 4. The van der Waals surface area contributed by atoms with Crippen LogP contribution in [0.2, 0.25) is 0 Å². The molecule has 0 aliphatic carbocycles. The molecule has 298 valence electrons. The Kier molecular flexibility index (Phi) is 12.0. The molecule has 2 aliphatic rings. The quantitative estimate of drug-likeness (QED) is 0.128. The number of benzene rings is 7. The number of fused-ring (bicyclic) bond motifs is 4. The Balaban J connectivity index is 0.000000158. The second-order valence-corrected chi connectivity index (χ2v) is 16.1. The second-order valence-electron chi connectivity index (χ2n) is 14.9. The highest BCUT2D eigenvalue weighted by Crippen LogP contribution is 2.60. The van der Waals surface area contributed by atoms with E-state index in [0.717, 1.165) is 5.69 Å². The Bertz CT molecular complexity index is 2690. The SMILES string of the molecule is C[C@@H](N)c1ccccc1.C[C@@H](c1ccccc1)N1PN([C@@H](C)c2ccccc2)c2c1c1ccccc1n2-c1ccccc1.O=C1C(=O)N(c2ccccc2)c2ccccc21. The van der Waals surface area contributed by atoms with Crippen molar-refractivity contribution in [3.63, 3.8) is 0 Å². The van der Waals surface area contributed by atoms with Crippen LogP contribution >= 0.6 is 8.88 Å². The van der Waals surface area contributed by atoms with Crippen molar-refractivity contribution in [2.24, 2.45) is 5.73 Å². The van der Waals surface area contributed by atoms with Gasteiger partial charge in [-0.25, -0.2) is 0 Å². The van der Waals surface area contributed by atoms with Gasteiger partial charge in [0.15, 0.2) is 0 Å². The van der Waals surface area contributed by atoms with Crippen LogP contribution in [0.15, 0.2) is 200 Å². The van der Waals surface area contributed by atoms with Gasteiger partial charge in [0.1, 0.15) is 5.82 Å². The molecule has 1 aromatic heterocycles. The summed E-state index contributed by atoms with van der Waals surface area (Å²) in [5.74, 6) is 0.353. The lowest BCUT2D eigenvalue weighted by atomic mass is 10.1. The van der Waals surface area contributed by atoms with Crippen LogP contribution < -0.4 is 20.0 Å². The smallest absolute Gasteiger partial charge is 0.304 e. The third-order valence-electron chi connectivity index (χ3n) is 11.0. The fourth-order valence-corrected chi connectivity index (χ4v) is 9.31. The first kappa shape index (κ1) is 40.0. The number of nitrogens with two attached hydrogens (primary N) is 1. The van der Waals surface area contributed by atoms with E-state index in [1.807, 2.05) is 73.7 Å². The molecule has 1 unspecified atom stereocenters.